The van der Waals surface area contributed by atoms with E-state index in [0.717, 1.165) is 22.6 Å². The van der Waals surface area contributed by atoms with Crippen molar-refractivity contribution in [3.8, 4) is 5.75 Å². The van der Waals surface area contributed by atoms with E-state index in [-0.39, 0.29) is 24.3 Å². The summed E-state index contributed by atoms with van der Waals surface area (Å²) in [6.45, 7) is 4.88. The number of esters is 1. The van der Waals surface area contributed by atoms with Gasteiger partial charge in [0.25, 0.3) is 0 Å². The van der Waals surface area contributed by atoms with E-state index in [1.54, 1.807) is 45.2 Å². The van der Waals surface area contributed by atoms with E-state index in [9.17, 15) is 19.7 Å². The van der Waals surface area contributed by atoms with Crippen LogP contribution in [0.1, 0.15) is 53.6 Å². The number of nitro groups is 1. The summed E-state index contributed by atoms with van der Waals surface area (Å²) in [5.41, 5.74) is 2.84. The summed E-state index contributed by atoms with van der Waals surface area (Å²) in [6.07, 6.45) is 1.08. The molecule has 0 saturated carbocycles. The minimum absolute atomic E-state index is 0.104. The third kappa shape index (κ3) is 5.50. The zero-order chi connectivity index (χ0) is 26.7. The smallest absolute Gasteiger partial charge is 0.342 e. The number of aromatic nitrogens is 2. The van der Waals surface area contributed by atoms with Gasteiger partial charge >= 0.3 is 11.8 Å². The van der Waals surface area contributed by atoms with E-state index in [1.165, 1.54) is 22.7 Å². The number of amides is 1. The van der Waals surface area contributed by atoms with Crippen molar-refractivity contribution in [2.75, 3.05) is 7.11 Å². The lowest BCUT2D eigenvalue weighted by Gasteiger charge is -2.20. The maximum absolute atomic E-state index is 12.7. The van der Waals surface area contributed by atoms with E-state index in [2.05, 4.69) is 10.1 Å². The topological polar surface area (TPSA) is 129 Å². The van der Waals surface area contributed by atoms with Crippen LogP contribution in [-0.2, 0) is 16.1 Å². The Bertz CT molecular complexity index is 1350. The number of hydrazone groups is 1. The molecule has 2 atom stereocenters. The minimum atomic E-state index is -0.623. The molecular formula is C26H27N5O6. The maximum atomic E-state index is 12.7. The van der Waals surface area contributed by atoms with Gasteiger partial charge in [-0.25, -0.2) is 19.4 Å². The highest BCUT2D eigenvalue weighted by atomic mass is 16.6. The highest BCUT2D eigenvalue weighted by Gasteiger charge is 2.31. The van der Waals surface area contributed by atoms with Crippen LogP contribution in [0.4, 0.5) is 5.82 Å². The molecule has 0 N–H and O–H groups in total. The number of hydrogen-bond acceptors (Lipinski definition) is 8. The van der Waals surface area contributed by atoms with Crippen molar-refractivity contribution in [2.45, 2.75) is 45.9 Å². The Kier molecular flexibility index (Phi) is 7.32. The standard InChI is InChI=1S/C26H27N5O6/c1-16(15-29-17(2)27-14-25(29)31(34)35)37-26(33)21-7-5-20(6-8-21)24-13-23(28-30(24)18(3)32)19-9-11-22(36-4)12-10-19/h5-12,14,16,24H,13,15H2,1-4H3. The fraction of sp³-hybridized carbons (Fsp3) is 0.308. The quantitative estimate of drug-likeness (QED) is 0.256. The van der Waals surface area contributed by atoms with Gasteiger partial charge in [-0.15, -0.1) is 0 Å². The first kappa shape index (κ1) is 25.5. The van der Waals surface area contributed by atoms with Gasteiger partial charge in [-0.3, -0.25) is 4.79 Å². The molecule has 192 valence electrons. The Morgan fingerprint density at radius 3 is 2.43 bits per heavy atom. The first-order valence-electron chi connectivity index (χ1n) is 11.7. The number of nitrogens with zero attached hydrogens (tertiary/aromatic N) is 5. The van der Waals surface area contributed by atoms with E-state index in [4.69, 9.17) is 9.47 Å². The molecule has 0 saturated heterocycles. The molecule has 0 radical (unpaired) electrons. The summed E-state index contributed by atoms with van der Waals surface area (Å²) >= 11 is 0. The molecule has 1 aromatic heterocycles. The van der Waals surface area contributed by atoms with Gasteiger partial charge in [-0.05, 0) is 59.4 Å². The number of benzene rings is 2. The molecule has 1 amide bonds. The van der Waals surface area contributed by atoms with Crippen LogP contribution in [0.3, 0.4) is 0 Å². The maximum Gasteiger partial charge on any atom is 0.342 e. The summed E-state index contributed by atoms with van der Waals surface area (Å²) in [7, 11) is 1.60. The van der Waals surface area contributed by atoms with Gasteiger partial charge in [0.05, 0.1) is 24.4 Å². The van der Waals surface area contributed by atoms with E-state index >= 15 is 0 Å². The van der Waals surface area contributed by atoms with Gasteiger partial charge in [0, 0.05) is 20.3 Å². The zero-order valence-electron chi connectivity index (χ0n) is 21.0. The number of aryl methyl sites for hydroxylation is 1. The molecular weight excluding hydrogens is 478 g/mol. The summed E-state index contributed by atoms with van der Waals surface area (Å²) in [6, 6.07) is 14.0. The van der Waals surface area contributed by atoms with Crippen molar-refractivity contribution in [3.63, 3.8) is 0 Å². The van der Waals surface area contributed by atoms with Crippen LogP contribution in [0.2, 0.25) is 0 Å². The summed E-state index contributed by atoms with van der Waals surface area (Å²) in [5, 5.41) is 17.2. The molecule has 11 nitrogen and oxygen atoms in total. The third-order valence-electron chi connectivity index (χ3n) is 6.16. The van der Waals surface area contributed by atoms with Crippen molar-refractivity contribution in [1.82, 2.24) is 14.6 Å². The second-order valence-electron chi connectivity index (χ2n) is 8.73. The molecule has 11 heteroatoms. The Hall–Kier alpha value is -4.54. The zero-order valence-corrected chi connectivity index (χ0v) is 21.0. The summed E-state index contributed by atoms with van der Waals surface area (Å²) < 4.78 is 12.1. The van der Waals surface area contributed by atoms with Gasteiger partial charge in [-0.1, -0.05) is 12.1 Å². The Balaban J connectivity index is 1.44. The number of methoxy groups -OCH3 is 1. The van der Waals surface area contributed by atoms with Crippen molar-refractivity contribution in [2.24, 2.45) is 5.10 Å². The molecule has 1 aliphatic heterocycles. The normalized spacial score (nSPS) is 15.7. The number of imidazole rings is 1. The van der Waals surface area contributed by atoms with E-state index < -0.39 is 17.0 Å². The van der Waals surface area contributed by atoms with Crippen LogP contribution in [0.5, 0.6) is 5.75 Å². The van der Waals surface area contributed by atoms with Crippen LogP contribution in [0.25, 0.3) is 0 Å². The first-order valence-corrected chi connectivity index (χ1v) is 11.7. The number of carbonyl (C=O) groups excluding carboxylic acids is 2. The predicted molar refractivity (Wildman–Crippen MR) is 134 cm³/mol. The molecule has 0 bridgehead atoms. The summed E-state index contributed by atoms with van der Waals surface area (Å²) in [5.74, 6) is 0.297. The van der Waals surface area contributed by atoms with Crippen LogP contribution < -0.4 is 4.74 Å². The van der Waals surface area contributed by atoms with Gasteiger partial charge in [0.15, 0.2) is 5.82 Å². The molecule has 4 rings (SSSR count). The SMILES string of the molecule is COc1ccc(C2=NN(C(C)=O)C(c3ccc(C(=O)OC(C)Cn4c([N+](=O)[O-])cnc4C)cc3)C2)cc1. The second-order valence-corrected chi connectivity index (χ2v) is 8.73. The van der Waals surface area contributed by atoms with Crippen molar-refractivity contribution >= 4 is 23.4 Å². The lowest BCUT2D eigenvalue weighted by molar-refractivity contribution is -0.392. The minimum Gasteiger partial charge on any atom is -0.497 e. The van der Waals surface area contributed by atoms with Crippen LogP contribution in [0.15, 0.2) is 59.8 Å². The van der Waals surface area contributed by atoms with Crippen molar-refractivity contribution < 1.29 is 24.0 Å². The second kappa shape index (κ2) is 10.6. The van der Waals surface area contributed by atoms with E-state index in [0.29, 0.717) is 17.8 Å². The van der Waals surface area contributed by atoms with Crippen LogP contribution >= 0.6 is 0 Å². The molecule has 2 aromatic carbocycles. The number of rotatable bonds is 8. The highest BCUT2D eigenvalue weighted by molar-refractivity contribution is 6.03. The fourth-order valence-electron chi connectivity index (χ4n) is 4.23. The van der Waals surface area contributed by atoms with Crippen LogP contribution in [-0.4, -0.2) is 50.3 Å². The van der Waals surface area contributed by atoms with Gasteiger partial charge in [-0.2, -0.15) is 5.10 Å². The van der Waals surface area contributed by atoms with Gasteiger partial charge in [0.2, 0.25) is 5.91 Å². The molecule has 3 aromatic rings. The molecule has 2 heterocycles. The molecule has 0 fully saturated rings. The fourth-order valence-corrected chi connectivity index (χ4v) is 4.23. The average Bonchev–Trinajstić information content (AvgIpc) is 3.49. The Labute approximate surface area is 213 Å². The average molecular weight is 506 g/mol. The summed E-state index contributed by atoms with van der Waals surface area (Å²) in [4.78, 5) is 39.6. The number of hydrogen-bond donors (Lipinski definition) is 0. The monoisotopic (exact) mass is 505 g/mol. The van der Waals surface area contributed by atoms with Crippen LogP contribution in [0, 0.1) is 17.0 Å². The number of carbonyl (C=O) groups is 2. The highest BCUT2D eigenvalue weighted by Crippen LogP contribution is 2.33. The third-order valence-corrected chi connectivity index (χ3v) is 6.16. The number of ether oxygens (including phenoxy) is 2. The molecule has 1 aliphatic rings. The molecule has 37 heavy (non-hydrogen) atoms. The van der Waals surface area contributed by atoms with Gasteiger partial charge < -0.3 is 19.6 Å². The lowest BCUT2D eigenvalue weighted by Crippen LogP contribution is -2.24. The van der Waals surface area contributed by atoms with E-state index in [1.807, 2.05) is 24.3 Å². The van der Waals surface area contributed by atoms with Crippen molar-refractivity contribution in [1.29, 1.82) is 0 Å². The molecule has 0 spiro atoms. The molecule has 0 aliphatic carbocycles. The first-order chi connectivity index (χ1) is 17.7. The Morgan fingerprint density at radius 2 is 1.84 bits per heavy atom. The van der Waals surface area contributed by atoms with Gasteiger partial charge in [0.1, 0.15) is 24.6 Å². The predicted octanol–water partition coefficient (Wildman–Crippen LogP) is 4.05. The molecule has 2 unspecified atom stereocenters. The Morgan fingerprint density at radius 1 is 1.16 bits per heavy atom. The lowest BCUT2D eigenvalue weighted by atomic mass is 9.97. The van der Waals surface area contributed by atoms with Crippen molar-refractivity contribution in [3.05, 3.63) is 87.4 Å². The largest absolute Gasteiger partial charge is 0.497 e.